The zero-order valence-electron chi connectivity index (χ0n) is 15.5. The van der Waals surface area contributed by atoms with Crippen LogP contribution in [0, 0.1) is 5.92 Å². The fourth-order valence-corrected chi connectivity index (χ4v) is 2.58. The summed E-state index contributed by atoms with van der Waals surface area (Å²) in [6.07, 6.45) is 10.4. The summed E-state index contributed by atoms with van der Waals surface area (Å²) in [6, 6.07) is 0. The summed E-state index contributed by atoms with van der Waals surface area (Å²) < 4.78 is 0. The van der Waals surface area contributed by atoms with Crippen LogP contribution in [-0.2, 0) is 4.79 Å². The molecule has 0 radical (unpaired) electrons. The van der Waals surface area contributed by atoms with Crippen LogP contribution in [0.25, 0.3) is 0 Å². The Kier molecular flexibility index (Phi) is 15.2. The summed E-state index contributed by atoms with van der Waals surface area (Å²) in [4.78, 5) is 11.4. The maximum absolute atomic E-state index is 11.4. The van der Waals surface area contributed by atoms with Crippen molar-refractivity contribution >= 4 is 5.97 Å². The minimum atomic E-state index is -0.847. The lowest BCUT2D eigenvalue weighted by Crippen LogP contribution is -3.00. The summed E-state index contributed by atoms with van der Waals surface area (Å²) >= 11 is 0. The maximum Gasteiger partial charge on any atom is 0.365 e. The van der Waals surface area contributed by atoms with Crippen molar-refractivity contribution in [1.29, 1.82) is 0 Å². The topological polar surface area (TPSA) is 74.1 Å². The van der Waals surface area contributed by atoms with Gasteiger partial charge in [-0.1, -0.05) is 72.1 Å². The highest BCUT2D eigenvalue weighted by Gasteiger charge is 2.40. The highest BCUT2D eigenvalue weighted by molar-refractivity contribution is 5.76. The second-order valence-corrected chi connectivity index (χ2v) is 7.10. The van der Waals surface area contributed by atoms with E-state index in [4.69, 9.17) is 0 Å². The van der Waals surface area contributed by atoms with Crippen LogP contribution >= 0.6 is 0 Å². The number of quaternary nitrogens is 1. The Morgan fingerprint density at radius 1 is 1.04 bits per heavy atom. The molecule has 5 heteroatoms. The first-order valence-corrected chi connectivity index (χ1v) is 9.10. The van der Waals surface area contributed by atoms with Gasteiger partial charge in [-0.25, -0.2) is 4.79 Å². The molecular formula is C18H38ClNO3. The Morgan fingerprint density at radius 3 is 1.96 bits per heavy atom. The van der Waals surface area contributed by atoms with Gasteiger partial charge in [0.05, 0.1) is 0 Å². The SMILES string of the molecule is CCCCCCCCCCC(O)C[NH2+]C(C)(C(=O)O)C(C)C.[Cl-]. The van der Waals surface area contributed by atoms with E-state index in [0.29, 0.717) is 6.54 Å². The number of unbranched alkanes of at least 4 members (excludes halogenated alkanes) is 7. The Balaban J connectivity index is 0. The van der Waals surface area contributed by atoms with Crippen molar-refractivity contribution in [2.45, 2.75) is 97.1 Å². The van der Waals surface area contributed by atoms with Gasteiger partial charge in [0, 0.05) is 12.8 Å². The molecule has 0 saturated carbocycles. The number of carboxylic acids is 1. The molecule has 0 heterocycles. The van der Waals surface area contributed by atoms with Crippen LogP contribution in [0.4, 0.5) is 0 Å². The first kappa shape index (κ1) is 24.9. The lowest BCUT2D eigenvalue weighted by molar-refractivity contribution is -0.722. The number of carbonyl (C=O) groups is 1. The number of carboxylic acid groups (broad SMARTS) is 1. The van der Waals surface area contributed by atoms with Crippen molar-refractivity contribution in [2.24, 2.45) is 5.92 Å². The molecule has 0 aliphatic heterocycles. The smallest absolute Gasteiger partial charge is 0.365 e. The van der Waals surface area contributed by atoms with Gasteiger partial charge in [0.15, 0.2) is 5.54 Å². The summed E-state index contributed by atoms with van der Waals surface area (Å²) in [5, 5.41) is 21.1. The van der Waals surface area contributed by atoms with Gasteiger partial charge in [-0.05, 0) is 6.42 Å². The molecule has 2 atom stereocenters. The number of rotatable bonds is 14. The van der Waals surface area contributed by atoms with Gasteiger partial charge >= 0.3 is 5.97 Å². The Morgan fingerprint density at radius 2 is 1.52 bits per heavy atom. The minimum absolute atomic E-state index is 0. The normalized spacial score (nSPS) is 15.0. The van der Waals surface area contributed by atoms with Crippen LogP contribution in [-0.4, -0.2) is 34.4 Å². The van der Waals surface area contributed by atoms with Crippen LogP contribution < -0.4 is 17.7 Å². The molecule has 0 aliphatic rings. The molecular weight excluding hydrogens is 314 g/mol. The van der Waals surface area contributed by atoms with Crippen LogP contribution in [0.15, 0.2) is 0 Å². The van der Waals surface area contributed by atoms with Crippen molar-refractivity contribution < 1.29 is 32.7 Å². The highest BCUT2D eigenvalue weighted by Crippen LogP contribution is 2.12. The van der Waals surface area contributed by atoms with E-state index in [1.807, 2.05) is 13.8 Å². The lowest BCUT2D eigenvalue weighted by atomic mass is 9.88. The van der Waals surface area contributed by atoms with E-state index in [0.717, 1.165) is 12.8 Å². The summed E-state index contributed by atoms with van der Waals surface area (Å²) in [7, 11) is 0. The van der Waals surface area contributed by atoms with Crippen LogP contribution in [0.3, 0.4) is 0 Å². The third-order valence-corrected chi connectivity index (χ3v) is 4.87. The molecule has 140 valence electrons. The first-order chi connectivity index (χ1) is 10.3. The average Bonchev–Trinajstić information content (AvgIpc) is 2.47. The third-order valence-electron chi connectivity index (χ3n) is 4.87. The molecule has 4 N–H and O–H groups in total. The number of nitrogens with two attached hydrogens (primary N) is 1. The molecule has 0 aromatic rings. The summed E-state index contributed by atoms with van der Waals surface area (Å²) in [5.74, 6) is -0.776. The molecule has 0 saturated heterocycles. The summed E-state index contributed by atoms with van der Waals surface area (Å²) in [5.41, 5.74) is -0.847. The van der Waals surface area contributed by atoms with E-state index in [9.17, 15) is 15.0 Å². The second-order valence-electron chi connectivity index (χ2n) is 7.10. The lowest BCUT2D eigenvalue weighted by Gasteiger charge is -2.27. The molecule has 2 unspecified atom stereocenters. The third kappa shape index (κ3) is 11.0. The van der Waals surface area contributed by atoms with Crippen molar-refractivity contribution in [3.63, 3.8) is 0 Å². The molecule has 0 aliphatic carbocycles. The van der Waals surface area contributed by atoms with Crippen LogP contribution in [0.2, 0.25) is 0 Å². The fourth-order valence-electron chi connectivity index (χ4n) is 2.58. The van der Waals surface area contributed by atoms with Crippen molar-refractivity contribution in [3.8, 4) is 0 Å². The number of aliphatic hydroxyl groups excluding tert-OH is 1. The van der Waals surface area contributed by atoms with E-state index in [2.05, 4.69) is 6.92 Å². The van der Waals surface area contributed by atoms with E-state index >= 15 is 0 Å². The number of aliphatic hydroxyl groups is 1. The number of halogens is 1. The van der Waals surface area contributed by atoms with Gasteiger partial charge < -0.3 is 27.9 Å². The van der Waals surface area contributed by atoms with E-state index < -0.39 is 17.6 Å². The highest BCUT2D eigenvalue weighted by atomic mass is 35.5. The quantitative estimate of drug-likeness (QED) is 0.384. The number of hydrogen-bond donors (Lipinski definition) is 3. The van der Waals surface area contributed by atoms with Gasteiger partial charge in [-0.3, -0.25) is 0 Å². The van der Waals surface area contributed by atoms with Crippen LogP contribution in [0.5, 0.6) is 0 Å². The standard InChI is InChI=1S/C18H37NO3.ClH/c1-5-6-7-8-9-10-11-12-13-16(20)14-19-18(4,15(2)3)17(21)22;/h15-16,19-20H,5-14H2,1-4H3,(H,21,22);1H. The Labute approximate surface area is 148 Å². The monoisotopic (exact) mass is 351 g/mol. The number of hydrogen-bond acceptors (Lipinski definition) is 2. The van der Waals surface area contributed by atoms with Crippen molar-refractivity contribution in [2.75, 3.05) is 6.54 Å². The first-order valence-electron chi connectivity index (χ1n) is 9.10. The molecule has 0 amide bonds. The predicted octanol–water partition coefficient (Wildman–Crippen LogP) is -0.0552. The largest absolute Gasteiger partial charge is 1.00 e. The van der Waals surface area contributed by atoms with E-state index in [1.165, 1.54) is 44.9 Å². The molecule has 0 rings (SSSR count). The Hall–Kier alpha value is -0.320. The average molecular weight is 352 g/mol. The predicted molar refractivity (Wildman–Crippen MR) is 90.9 cm³/mol. The van der Waals surface area contributed by atoms with Gasteiger partial charge in [-0.2, -0.15) is 0 Å². The molecule has 0 bridgehead atoms. The van der Waals surface area contributed by atoms with Gasteiger partial charge in [0.1, 0.15) is 12.6 Å². The molecule has 0 spiro atoms. The zero-order valence-corrected chi connectivity index (χ0v) is 16.2. The molecule has 0 fully saturated rings. The second kappa shape index (κ2) is 14.1. The molecule has 23 heavy (non-hydrogen) atoms. The van der Waals surface area contributed by atoms with Crippen molar-refractivity contribution in [3.05, 3.63) is 0 Å². The van der Waals surface area contributed by atoms with E-state index in [-0.39, 0.29) is 18.3 Å². The zero-order chi connectivity index (χ0) is 17.0. The van der Waals surface area contributed by atoms with Gasteiger partial charge in [0.2, 0.25) is 0 Å². The van der Waals surface area contributed by atoms with E-state index in [1.54, 1.807) is 12.2 Å². The minimum Gasteiger partial charge on any atom is -1.00 e. The Bertz CT molecular complexity index is 300. The van der Waals surface area contributed by atoms with Crippen molar-refractivity contribution in [1.82, 2.24) is 0 Å². The van der Waals surface area contributed by atoms with Gasteiger partial charge in [0.25, 0.3) is 0 Å². The number of aliphatic carboxylic acids is 1. The fraction of sp³-hybridized carbons (Fsp3) is 0.944. The molecule has 0 aromatic heterocycles. The van der Waals surface area contributed by atoms with Crippen LogP contribution in [0.1, 0.15) is 85.5 Å². The molecule has 0 aromatic carbocycles. The molecule has 4 nitrogen and oxygen atoms in total. The maximum atomic E-state index is 11.4. The van der Waals surface area contributed by atoms with Gasteiger partial charge in [-0.15, -0.1) is 0 Å². The summed E-state index contributed by atoms with van der Waals surface area (Å²) in [6.45, 7) is 8.26.